The van der Waals surface area contributed by atoms with Crippen molar-refractivity contribution in [3.8, 4) is 11.5 Å². The van der Waals surface area contributed by atoms with Crippen molar-refractivity contribution in [2.45, 2.75) is 26.9 Å². The summed E-state index contributed by atoms with van der Waals surface area (Å²) in [6.45, 7) is 9.36. The van der Waals surface area contributed by atoms with Crippen LogP contribution in [0.3, 0.4) is 0 Å². The van der Waals surface area contributed by atoms with Gasteiger partial charge in [0.25, 0.3) is 0 Å². The zero-order chi connectivity index (χ0) is 19.8. The first kappa shape index (κ1) is 20.0. The molecular weight excluding hydrogens is 352 g/mol. The van der Waals surface area contributed by atoms with Crippen molar-refractivity contribution in [2.24, 2.45) is 0 Å². The fourth-order valence-corrected chi connectivity index (χ4v) is 3.15. The highest BCUT2D eigenvalue weighted by Gasteiger charge is 2.10. The minimum atomic E-state index is -0.119. The second-order valence-corrected chi connectivity index (χ2v) is 6.90. The van der Waals surface area contributed by atoms with E-state index in [9.17, 15) is 4.79 Å². The minimum Gasteiger partial charge on any atom is -0.486 e. The van der Waals surface area contributed by atoms with Crippen molar-refractivity contribution >= 4 is 12.0 Å². The maximum atomic E-state index is 12.1. The molecule has 0 spiro atoms. The SMILES string of the molecule is CC[NH+](CC)Cc1ccc(CNC(=O)/C=C/c2ccc3c(c2)OCCO3)cc1. The molecule has 1 aliphatic rings. The van der Waals surface area contributed by atoms with Crippen LogP contribution in [0, 0.1) is 0 Å². The number of ether oxygens (including phenoxy) is 2. The third kappa shape index (κ3) is 5.60. The van der Waals surface area contributed by atoms with Crippen LogP contribution in [0.25, 0.3) is 6.08 Å². The van der Waals surface area contributed by atoms with Crippen LogP contribution in [-0.4, -0.2) is 32.2 Å². The molecule has 28 heavy (non-hydrogen) atoms. The third-order valence-corrected chi connectivity index (χ3v) is 4.94. The molecule has 0 saturated carbocycles. The lowest BCUT2D eigenvalue weighted by Crippen LogP contribution is -3.10. The fourth-order valence-electron chi connectivity index (χ4n) is 3.15. The number of hydrogen-bond acceptors (Lipinski definition) is 3. The predicted molar refractivity (Wildman–Crippen MR) is 111 cm³/mol. The number of hydrogen-bond donors (Lipinski definition) is 2. The van der Waals surface area contributed by atoms with Gasteiger partial charge in [-0.2, -0.15) is 0 Å². The van der Waals surface area contributed by atoms with Crippen LogP contribution < -0.4 is 19.7 Å². The van der Waals surface area contributed by atoms with E-state index in [1.165, 1.54) is 5.56 Å². The van der Waals surface area contributed by atoms with E-state index in [1.54, 1.807) is 17.1 Å². The Morgan fingerprint density at radius 1 is 1.00 bits per heavy atom. The highest BCUT2D eigenvalue weighted by molar-refractivity contribution is 5.91. The number of carbonyl (C=O) groups is 1. The Bertz CT molecular complexity index is 811. The van der Waals surface area contributed by atoms with Crippen molar-refractivity contribution in [3.05, 3.63) is 65.2 Å². The van der Waals surface area contributed by atoms with E-state index in [2.05, 4.69) is 43.4 Å². The highest BCUT2D eigenvalue weighted by atomic mass is 16.6. The van der Waals surface area contributed by atoms with E-state index in [1.807, 2.05) is 18.2 Å². The monoisotopic (exact) mass is 381 g/mol. The average Bonchev–Trinajstić information content (AvgIpc) is 2.75. The molecule has 2 aromatic carbocycles. The van der Waals surface area contributed by atoms with E-state index in [0.29, 0.717) is 19.8 Å². The summed E-state index contributed by atoms with van der Waals surface area (Å²) < 4.78 is 11.1. The molecule has 3 rings (SSSR count). The Kier molecular flexibility index (Phi) is 7.09. The van der Waals surface area contributed by atoms with Gasteiger partial charge >= 0.3 is 0 Å². The van der Waals surface area contributed by atoms with Gasteiger partial charge in [-0.1, -0.05) is 30.3 Å². The summed E-state index contributed by atoms with van der Waals surface area (Å²) in [6, 6.07) is 14.1. The molecule has 5 nitrogen and oxygen atoms in total. The lowest BCUT2D eigenvalue weighted by molar-refractivity contribution is -0.910. The summed E-state index contributed by atoms with van der Waals surface area (Å²) in [5.41, 5.74) is 3.33. The van der Waals surface area contributed by atoms with Crippen molar-refractivity contribution in [1.29, 1.82) is 0 Å². The molecule has 0 aromatic heterocycles. The zero-order valence-electron chi connectivity index (χ0n) is 16.7. The summed E-state index contributed by atoms with van der Waals surface area (Å²) in [4.78, 5) is 13.7. The Morgan fingerprint density at radius 3 is 2.39 bits per heavy atom. The molecule has 1 amide bonds. The van der Waals surface area contributed by atoms with Crippen LogP contribution >= 0.6 is 0 Å². The van der Waals surface area contributed by atoms with Crippen molar-refractivity contribution in [3.63, 3.8) is 0 Å². The summed E-state index contributed by atoms with van der Waals surface area (Å²) in [5.74, 6) is 1.35. The van der Waals surface area contributed by atoms with Gasteiger partial charge in [-0.05, 0) is 43.2 Å². The lowest BCUT2D eigenvalue weighted by Gasteiger charge is -2.18. The van der Waals surface area contributed by atoms with Crippen LogP contribution in [-0.2, 0) is 17.9 Å². The van der Waals surface area contributed by atoms with Crippen LogP contribution in [0.4, 0.5) is 0 Å². The maximum Gasteiger partial charge on any atom is 0.244 e. The minimum absolute atomic E-state index is 0.119. The number of amides is 1. The third-order valence-electron chi connectivity index (χ3n) is 4.94. The standard InChI is InChI=1S/C23H28N2O3/c1-3-25(4-2)17-20-7-5-19(6-8-20)16-24-23(26)12-10-18-9-11-21-22(15-18)28-14-13-27-21/h5-12,15H,3-4,13-14,16-17H2,1-2H3,(H,24,26)/p+1/b12-10+. The van der Waals surface area contributed by atoms with E-state index in [0.717, 1.165) is 42.3 Å². The van der Waals surface area contributed by atoms with Crippen molar-refractivity contribution in [1.82, 2.24) is 5.32 Å². The number of nitrogens with one attached hydrogen (secondary N) is 2. The van der Waals surface area contributed by atoms with Gasteiger partial charge in [0, 0.05) is 18.2 Å². The first-order valence-electron chi connectivity index (χ1n) is 9.95. The predicted octanol–water partition coefficient (Wildman–Crippen LogP) is 2.21. The summed E-state index contributed by atoms with van der Waals surface area (Å²) in [5, 5.41) is 2.93. The molecular formula is C23H29N2O3+. The van der Waals surface area contributed by atoms with Crippen molar-refractivity contribution in [2.75, 3.05) is 26.3 Å². The zero-order valence-corrected chi connectivity index (χ0v) is 16.7. The Hall–Kier alpha value is -2.79. The van der Waals surface area contributed by atoms with E-state index in [-0.39, 0.29) is 5.91 Å². The van der Waals surface area contributed by atoms with Crippen LogP contribution in [0.5, 0.6) is 11.5 Å². The lowest BCUT2D eigenvalue weighted by atomic mass is 10.1. The maximum absolute atomic E-state index is 12.1. The Labute approximate surface area is 167 Å². The number of quaternary nitrogens is 1. The van der Waals surface area contributed by atoms with Crippen LogP contribution in [0.15, 0.2) is 48.5 Å². The second-order valence-electron chi connectivity index (χ2n) is 6.90. The summed E-state index contributed by atoms with van der Waals surface area (Å²) in [6.07, 6.45) is 3.33. The molecule has 1 aliphatic heterocycles. The van der Waals surface area contributed by atoms with E-state index >= 15 is 0 Å². The highest BCUT2D eigenvalue weighted by Crippen LogP contribution is 2.31. The van der Waals surface area contributed by atoms with Gasteiger partial charge in [0.15, 0.2) is 11.5 Å². The normalized spacial score (nSPS) is 13.1. The molecule has 0 aliphatic carbocycles. The molecule has 0 unspecified atom stereocenters. The number of rotatable bonds is 8. The van der Waals surface area contributed by atoms with Gasteiger partial charge in [0.05, 0.1) is 13.1 Å². The first-order valence-corrected chi connectivity index (χ1v) is 9.95. The van der Waals surface area contributed by atoms with Crippen LogP contribution in [0.2, 0.25) is 0 Å². The second kappa shape index (κ2) is 9.95. The van der Waals surface area contributed by atoms with E-state index < -0.39 is 0 Å². The fraction of sp³-hybridized carbons (Fsp3) is 0.348. The average molecular weight is 381 g/mol. The quantitative estimate of drug-likeness (QED) is 0.690. The topological polar surface area (TPSA) is 52.0 Å². The van der Waals surface area contributed by atoms with Gasteiger partial charge < -0.3 is 19.7 Å². The molecule has 0 radical (unpaired) electrons. The van der Waals surface area contributed by atoms with E-state index in [4.69, 9.17) is 9.47 Å². The number of carbonyl (C=O) groups excluding carboxylic acids is 1. The molecule has 2 aromatic rings. The molecule has 1 heterocycles. The largest absolute Gasteiger partial charge is 0.486 e. The first-order chi connectivity index (χ1) is 13.7. The number of fused-ring (bicyclic) bond motifs is 1. The smallest absolute Gasteiger partial charge is 0.244 e. The Morgan fingerprint density at radius 2 is 1.68 bits per heavy atom. The number of benzene rings is 2. The molecule has 0 atom stereocenters. The summed E-state index contributed by atoms with van der Waals surface area (Å²) >= 11 is 0. The molecule has 2 N–H and O–H groups in total. The molecule has 0 bridgehead atoms. The summed E-state index contributed by atoms with van der Waals surface area (Å²) in [7, 11) is 0. The van der Waals surface area contributed by atoms with Crippen LogP contribution in [0.1, 0.15) is 30.5 Å². The molecule has 0 fully saturated rings. The molecule has 0 saturated heterocycles. The van der Waals surface area contributed by atoms with Gasteiger partial charge in [0.2, 0.25) is 5.91 Å². The van der Waals surface area contributed by atoms with Gasteiger partial charge in [-0.15, -0.1) is 0 Å². The van der Waals surface area contributed by atoms with Crippen molar-refractivity contribution < 1.29 is 19.2 Å². The molecule has 5 heteroatoms. The van der Waals surface area contributed by atoms with Gasteiger partial charge in [-0.3, -0.25) is 4.79 Å². The van der Waals surface area contributed by atoms with Gasteiger partial charge in [0.1, 0.15) is 19.8 Å². The van der Waals surface area contributed by atoms with Gasteiger partial charge in [-0.25, -0.2) is 0 Å². The Balaban J connectivity index is 1.49. The molecule has 148 valence electrons.